The fraction of sp³-hybridized carbons (Fsp3) is 0.609. The van der Waals surface area contributed by atoms with Crippen LogP contribution < -0.4 is 0 Å². The van der Waals surface area contributed by atoms with Gasteiger partial charge in [0.1, 0.15) is 0 Å². The molecule has 0 spiro atoms. The van der Waals surface area contributed by atoms with Gasteiger partial charge in [-0.1, -0.05) is 49.2 Å². The first-order valence-electron chi connectivity index (χ1n) is 11.3. The van der Waals surface area contributed by atoms with Gasteiger partial charge in [0.05, 0.1) is 11.8 Å². The lowest BCUT2D eigenvalue weighted by atomic mass is 9.94. The van der Waals surface area contributed by atoms with Crippen LogP contribution in [0.2, 0.25) is 0 Å². The normalized spacial score (nSPS) is 19.1. The summed E-state index contributed by atoms with van der Waals surface area (Å²) in [5.41, 5.74) is 1.06. The number of amides is 1. The first-order chi connectivity index (χ1) is 14.6. The number of hydrogen-bond acceptors (Lipinski definition) is 5. The topological polar surface area (TPSA) is 54.3 Å². The van der Waals surface area contributed by atoms with Crippen LogP contribution in [0.15, 0.2) is 35.5 Å². The molecule has 0 N–H and O–H groups in total. The summed E-state index contributed by atoms with van der Waals surface area (Å²) in [5.74, 6) is 1.14. The maximum atomic E-state index is 13.1. The number of para-hydroxylation sites is 1. The Labute approximate surface area is 184 Å². The number of thioether (sulfide) groups is 1. The Morgan fingerprint density at radius 3 is 2.50 bits per heavy atom. The summed E-state index contributed by atoms with van der Waals surface area (Å²) in [5, 5.41) is 9.64. The summed E-state index contributed by atoms with van der Waals surface area (Å²) in [6, 6.07) is 10.6. The molecular weight excluding hydrogens is 394 g/mol. The second-order valence-electron chi connectivity index (χ2n) is 8.55. The number of nitrogens with zero attached hydrogens (tertiary/aromatic N) is 5. The van der Waals surface area contributed by atoms with Crippen molar-refractivity contribution >= 4 is 17.7 Å². The van der Waals surface area contributed by atoms with E-state index in [0.717, 1.165) is 49.1 Å². The Morgan fingerprint density at radius 1 is 1.10 bits per heavy atom. The highest BCUT2D eigenvalue weighted by Gasteiger charge is 2.28. The number of benzene rings is 1. The molecule has 0 radical (unpaired) electrons. The lowest BCUT2D eigenvalue weighted by molar-refractivity contribution is -0.131. The van der Waals surface area contributed by atoms with Gasteiger partial charge in [-0.25, -0.2) is 0 Å². The second kappa shape index (κ2) is 9.96. The molecule has 1 amide bonds. The molecule has 2 aromatic rings. The maximum Gasteiger partial charge on any atom is 0.235 e. The van der Waals surface area contributed by atoms with Gasteiger partial charge in [0, 0.05) is 18.8 Å². The highest BCUT2D eigenvalue weighted by Crippen LogP contribution is 2.29. The first-order valence-corrected chi connectivity index (χ1v) is 12.2. The van der Waals surface area contributed by atoms with E-state index in [0.29, 0.717) is 6.04 Å². The molecule has 4 rings (SSSR count). The molecule has 2 heterocycles. The molecule has 1 unspecified atom stereocenters. The summed E-state index contributed by atoms with van der Waals surface area (Å²) >= 11 is 1.52. The van der Waals surface area contributed by atoms with E-state index in [4.69, 9.17) is 0 Å². The molecule has 1 aromatic heterocycles. The average Bonchev–Trinajstić information content (AvgIpc) is 3.44. The van der Waals surface area contributed by atoms with E-state index in [1.165, 1.54) is 43.9 Å². The van der Waals surface area contributed by atoms with Gasteiger partial charge < -0.3 is 4.90 Å². The Morgan fingerprint density at radius 2 is 1.80 bits per heavy atom. The predicted octanol–water partition coefficient (Wildman–Crippen LogP) is 4.13. The van der Waals surface area contributed by atoms with Crippen molar-refractivity contribution in [2.75, 3.05) is 20.1 Å². The zero-order chi connectivity index (χ0) is 20.9. The lowest BCUT2D eigenvalue weighted by Crippen LogP contribution is -2.42. The molecule has 7 heteroatoms. The van der Waals surface area contributed by atoms with Crippen molar-refractivity contribution in [2.45, 2.75) is 74.9 Å². The fourth-order valence-electron chi connectivity index (χ4n) is 4.60. The number of carbonyl (C=O) groups is 1. The van der Waals surface area contributed by atoms with Crippen LogP contribution in [0.25, 0.3) is 5.69 Å². The monoisotopic (exact) mass is 427 g/mol. The third-order valence-corrected chi connectivity index (χ3v) is 7.41. The van der Waals surface area contributed by atoms with E-state index in [-0.39, 0.29) is 11.2 Å². The Hall–Kier alpha value is -1.86. The quantitative estimate of drug-likeness (QED) is 0.622. The third-order valence-electron chi connectivity index (χ3n) is 6.38. The van der Waals surface area contributed by atoms with E-state index in [1.54, 1.807) is 0 Å². The molecule has 1 aliphatic carbocycles. The van der Waals surface area contributed by atoms with Crippen LogP contribution >= 0.6 is 11.8 Å². The minimum Gasteiger partial charge on any atom is -0.342 e. The molecular formula is C23H33N5OS. The Bertz CT molecular complexity index is 827. The lowest BCUT2D eigenvalue weighted by Gasteiger charge is -2.32. The van der Waals surface area contributed by atoms with E-state index in [9.17, 15) is 4.79 Å². The Balaban J connectivity index is 1.52. The molecule has 30 heavy (non-hydrogen) atoms. The molecule has 1 saturated heterocycles. The second-order valence-corrected chi connectivity index (χ2v) is 9.86. The van der Waals surface area contributed by atoms with E-state index >= 15 is 0 Å². The minimum atomic E-state index is -0.191. The van der Waals surface area contributed by atoms with Crippen LogP contribution in [0.4, 0.5) is 0 Å². The zero-order valence-corrected chi connectivity index (χ0v) is 19.0. The van der Waals surface area contributed by atoms with Gasteiger partial charge in [-0.05, 0) is 57.8 Å². The summed E-state index contributed by atoms with van der Waals surface area (Å²) in [7, 11) is 1.97. The van der Waals surface area contributed by atoms with E-state index in [1.807, 2.05) is 37.1 Å². The number of rotatable bonds is 7. The standard InChI is InChI=1S/C23H33N5OS/c1-18(22(29)26(2)19-11-5-3-6-12-19)30-23-25-24-21(17-27-15-9-10-16-27)28(23)20-13-7-4-8-14-20/h4,7-8,13-14,18-19H,3,5-6,9-12,15-17H2,1-2H3. The maximum absolute atomic E-state index is 13.1. The third kappa shape index (κ3) is 4.89. The highest BCUT2D eigenvalue weighted by atomic mass is 32.2. The molecule has 1 saturated carbocycles. The molecule has 1 atom stereocenters. The van der Waals surface area contributed by atoms with Gasteiger partial charge in [0.25, 0.3) is 0 Å². The van der Waals surface area contributed by atoms with Crippen LogP contribution in [-0.2, 0) is 11.3 Å². The molecule has 2 aliphatic rings. The molecule has 2 fully saturated rings. The molecule has 1 aliphatic heterocycles. The van der Waals surface area contributed by atoms with Gasteiger partial charge >= 0.3 is 0 Å². The minimum absolute atomic E-state index is 0.190. The van der Waals surface area contributed by atoms with Crippen LogP contribution in [0.1, 0.15) is 57.7 Å². The number of carbonyl (C=O) groups excluding carboxylic acids is 1. The first kappa shape index (κ1) is 21.4. The SMILES string of the molecule is CC(Sc1nnc(CN2CCCC2)n1-c1ccccc1)C(=O)N(C)C1CCCCC1. The van der Waals surface area contributed by atoms with Gasteiger partial charge in [-0.2, -0.15) is 0 Å². The van der Waals surface area contributed by atoms with Crippen molar-refractivity contribution in [3.8, 4) is 5.69 Å². The van der Waals surface area contributed by atoms with Crippen molar-refractivity contribution in [1.29, 1.82) is 0 Å². The number of aromatic nitrogens is 3. The van der Waals surface area contributed by atoms with Crippen molar-refractivity contribution in [1.82, 2.24) is 24.6 Å². The predicted molar refractivity (Wildman–Crippen MR) is 121 cm³/mol. The van der Waals surface area contributed by atoms with Gasteiger partial charge in [-0.3, -0.25) is 14.3 Å². The van der Waals surface area contributed by atoms with Crippen molar-refractivity contribution in [3.63, 3.8) is 0 Å². The summed E-state index contributed by atoms with van der Waals surface area (Å²) in [6.45, 7) is 5.03. The summed E-state index contributed by atoms with van der Waals surface area (Å²) < 4.78 is 2.13. The molecule has 6 nitrogen and oxygen atoms in total. The van der Waals surface area contributed by atoms with Gasteiger partial charge in [0.15, 0.2) is 11.0 Å². The molecule has 0 bridgehead atoms. The van der Waals surface area contributed by atoms with Crippen LogP contribution in [0.3, 0.4) is 0 Å². The highest BCUT2D eigenvalue weighted by molar-refractivity contribution is 8.00. The van der Waals surface area contributed by atoms with Crippen molar-refractivity contribution in [3.05, 3.63) is 36.2 Å². The smallest absolute Gasteiger partial charge is 0.235 e. The zero-order valence-electron chi connectivity index (χ0n) is 18.2. The van der Waals surface area contributed by atoms with E-state index < -0.39 is 0 Å². The van der Waals surface area contributed by atoms with Crippen molar-refractivity contribution < 1.29 is 4.79 Å². The van der Waals surface area contributed by atoms with Crippen LogP contribution in [0.5, 0.6) is 0 Å². The average molecular weight is 428 g/mol. The molecule has 1 aromatic carbocycles. The van der Waals surface area contributed by atoms with Gasteiger partial charge in [-0.15, -0.1) is 10.2 Å². The number of hydrogen-bond donors (Lipinski definition) is 0. The van der Waals surface area contributed by atoms with E-state index in [2.05, 4.69) is 31.8 Å². The van der Waals surface area contributed by atoms with Crippen molar-refractivity contribution in [2.24, 2.45) is 0 Å². The van der Waals surface area contributed by atoms with Gasteiger partial charge in [0.2, 0.25) is 5.91 Å². The summed E-state index contributed by atoms with van der Waals surface area (Å²) in [6.07, 6.45) is 8.50. The fourth-order valence-corrected chi connectivity index (χ4v) is 5.59. The summed E-state index contributed by atoms with van der Waals surface area (Å²) in [4.78, 5) is 17.5. The largest absolute Gasteiger partial charge is 0.342 e. The van der Waals surface area contributed by atoms with Crippen LogP contribution in [-0.4, -0.2) is 61.9 Å². The molecule has 162 valence electrons. The Kier molecular flexibility index (Phi) is 7.10. The number of likely N-dealkylation sites (tertiary alicyclic amines) is 1. The van der Waals surface area contributed by atoms with Crippen LogP contribution in [0, 0.1) is 0 Å².